The third-order valence-electron chi connectivity index (χ3n) is 2.44. The first-order valence-electron chi connectivity index (χ1n) is 5.62. The summed E-state index contributed by atoms with van der Waals surface area (Å²) in [7, 11) is -3.24. The van der Waals surface area contributed by atoms with Crippen molar-refractivity contribution in [3.63, 3.8) is 0 Å². The molecule has 0 heterocycles. The molecule has 18 heavy (non-hydrogen) atoms. The molecule has 0 saturated carbocycles. The van der Waals surface area contributed by atoms with Crippen LogP contribution in [0.15, 0.2) is 29.2 Å². The average molecular weight is 270 g/mol. The van der Waals surface area contributed by atoms with Crippen molar-refractivity contribution in [3.8, 4) is 5.75 Å². The van der Waals surface area contributed by atoms with Crippen LogP contribution in [0.1, 0.15) is 19.8 Å². The van der Waals surface area contributed by atoms with E-state index >= 15 is 0 Å². The third kappa shape index (κ3) is 4.37. The van der Waals surface area contributed by atoms with Crippen LogP contribution in [0.5, 0.6) is 5.75 Å². The van der Waals surface area contributed by atoms with Gasteiger partial charge < -0.3 is 10.5 Å². The summed E-state index contributed by atoms with van der Waals surface area (Å²) in [6.45, 7) is 1.92. The maximum atomic E-state index is 11.4. The molecule has 0 bridgehead atoms. The molecule has 0 spiro atoms. The largest absolute Gasteiger partial charge is 0.490 e. The van der Waals surface area contributed by atoms with Crippen molar-refractivity contribution in [2.24, 2.45) is 5.73 Å². The molecule has 0 aliphatic rings. The molecule has 5 nitrogen and oxygen atoms in total. The zero-order chi connectivity index (χ0) is 13.8. The molecule has 0 saturated heterocycles. The Bertz CT molecular complexity index is 526. The highest BCUT2D eigenvalue weighted by Gasteiger charge is 2.12. The predicted molar refractivity (Wildman–Crippen MR) is 70.8 cm³/mol. The molecule has 1 unspecified atom stereocenters. The Hall–Kier alpha value is -1.56. The number of hydrogen-bond donors (Lipinski definition) is 2. The van der Waals surface area contributed by atoms with Crippen LogP contribution in [0.3, 0.4) is 0 Å². The topological polar surface area (TPSA) is 93.2 Å². The van der Waals surface area contributed by atoms with Crippen LogP contribution in [0.2, 0.25) is 0 Å². The first-order valence-corrected chi connectivity index (χ1v) is 7.51. The van der Waals surface area contributed by atoms with E-state index in [2.05, 4.69) is 0 Å². The van der Waals surface area contributed by atoms with Crippen molar-refractivity contribution in [2.75, 3.05) is 6.26 Å². The van der Waals surface area contributed by atoms with Crippen LogP contribution >= 0.6 is 0 Å². The summed E-state index contributed by atoms with van der Waals surface area (Å²) < 4.78 is 28.4. The molecular weight excluding hydrogens is 252 g/mol. The smallest absolute Gasteiger partial charge is 0.175 e. The first-order chi connectivity index (χ1) is 8.32. The first kappa shape index (κ1) is 14.5. The number of nitrogens with one attached hydrogen (secondary N) is 1. The highest BCUT2D eigenvalue weighted by atomic mass is 32.2. The van der Waals surface area contributed by atoms with E-state index in [9.17, 15) is 8.42 Å². The van der Waals surface area contributed by atoms with Gasteiger partial charge in [-0.2, -0.15) is 0 Å². The molecule has 1 aromatic carbocycles. The summed E-state index contributed by atoms with van der Waals surface area (Å²) in [6, 6.07) is 6.33. The van der Waals surface area contributed by atoms with Gasteiger partial charge in [0.15, 0.2) is 9.84 Å². The van der Waals surface area contributed by atoms with Crippen LogP contribution in [0.25, 0.3) is 0 Å². The molecular formula is C12H18N2O3S. The van der Waals surface area contributed by atoms with Gasteiger partial charge in [-0.3, -0.25) is 5.41 Å². The third-order valence-corrected chi connectivity index (χ3v) is 3.55. The normalized spacial score (nSPS) is 13.0. The summed E-state index contributed by atoms with van der Waals surface area (Å²) in [5, 5.41) is 7.24. The molecule has 0 amide bonds. The number of ether oxygens (including phenoxy) is 1. The van der Waals surface area contributed by atoms with Gasteiger partial charge in [0.05, 0.1) is 10.7 Å². The van der Waals surface area contributed by atoms with E-state index in [-0.39, 0.29) is 16.8 Å². The molecule has 3 N–H and O–H groups in total. The summed E-state index contributed by atoms with van der Waals surface area (Å²) in [5.74, 6) is 0.534. The van der Waals surface area contributed by atoms with Crippen LogP contribution in [-0.4, -0.2) is 26.6 Å². The van der Waals surface area contributed by atoms with Crippen LogP contribution in [0.4, 0.5) is 0 Å². The summed E-state index contributed by atoms with van der Waals surface area (Å²) in [5.41, 5.74) is 5.33. The lowest BCUT2D eigenvalue weighted by Gasteiger charge is -2.17. The van der Waals surface area contributed by atoms with Crippen LogP contribution in [-0.2, 0) is 9.84 Å². The van der Waals surface area contributed by atoms with Gasteiger partial charge in [-0.15, -0.1) is 0 Å². The van der Waals surface area contributed by atoms with Gasteiger partial charge in [-0.25, -0.2) is 8.42 Å². The van der Waals surface area contributed by atoms with E-state index in [1.807, 2.05) is 6.92 Å². The average Bonchev–Trinajstić information content (AvgIpc) is 2.26. The van der Waals surface area contributed by atoms with E-state index in [1.165, 1.54) is 12.1 Å². The maximum absolute atomic E-state index is 11.4. The minimum absolute atomic E-state index is 0.0566. The van der Waals surface area contributed by atoms with E-state index in [1.54, 1.807) is 12.1 Å². The Morgan fingerprint density at radius 2 is 2.17 bits per heavy atom. The van der Waals surface area contributed by atoms with Gasteiger partial charge in [-0.05, 0) is 24.6 Å². The van der Waals surface area contributed by atoms with Crippen LogP contribution in [0, 0.1) is 5.41 Å². The van der Waals surface area contributed by atoms with Crippen molar-refractivity contribution in [1.82, 2.24) is 0 Å². The lowest BCUT2D eigenvalue weighted by atomic mass is 10.2. The second-order valence-electron chi connectivity index (χ2n) is 4.12. The molecule has 0 radical (unpaired) electrons. The molecule has 6 heteroatoms. The van der Waals surface area contributed by atoms with Crippen molar-refractivity contribution in [3.05, 3.63) is 24.3 Å². The molecule has 1 rings (SSSR count). The van der Waals surface area contributed by atoms with Crippen molar-refractivity contribution >= 4 is 15.7 Å². The lowest BCUT2D eigenvalue weighted by Crippen LogP contribution is -2.24. The van der Waals surface area contributed by atoms with Gasteiger partial charge in [0.25, 0.3) is 0 Å². The number of benzene rings is 1. The van der Waals surface area contributed by atoms with Crippen molar-refractivity contribution in [2.45, 2.75) is 30.8 Å². The van der Waals surface area contributed by atoms with Crippen molar-refractivity contribution in [1.29, 1.82) is 5.41 Å². The van der Waals surface area contributed by atoms with Gasteiger partial charge in [0, 0.05) is 12.7 Å². The Morgan fingerprint density at radius 3 is 2.67 bits per heavy atom. The summed E-state index contributed by atoms with van der Waals surface area (Å²) in [6.07, 6.45) is 1.97. The van der Waals surface area contributed by atoms with E-state index in [0.29, 0.717) is 18.6 Å². The molecule has 0 aromatic heterocycles. The fourth-order valence-electron chi connectivity index (χ4n) is 1.49. The summed E-state index contributed by atoms with van der Waals surface area (Å²) >= 11 is 0. The van der Waals surface area contributed by atoms with E-state index in [0.717, 1.165) is 6.26 Å². The molecule has 0 aliphatic heterocycles. The SMILES string of the molecule is CCC(CC(=N)N)Oc1cccc(S(C)(=O)=O)c1. The second kappa shape index (κ2) is 5.86. The number of rotatable bonds is 6. The summed E-state index contributed by atoms with van der Waals surface area (Å²) in [4.78, 5) is 0.220. The molecule has 1 aromatic rings. The van der Waals surface area contributed by atoms with Crippen LogP contribution < -0.4 is 10.5 Å². The number of hydrogen-bond acceptors (Lipinski definition) is 4. The number of amidine groups is 1. The Balaban J connectivity index is 2.87. The monoisotopic (exact) mass is 270 g/mol. The quantitative estimate of drug-likeness (QED) is 0.606. The number of sulfone groups is 1. The standard InChI is InChI=1S/C12H18N2O3S/c1-3-9(8-12(13)14)17-10-5-4-6-11(7-10)18(2,15)16/h4-7,9H,3,8H2,1-2H3,(H3,13,14). The van der Waals surface area contributed by atoms with Gasteiger partial charge in [0.1, 0.15) is 11.9 Å². The Labute approximate surface area is 107 Å². The van der Waals surface area contributed by atoms with Gasteiger partial charge >= 0.3 is 0 Å². The highest BCUT2D eigenvalue weighted by molar-refractivity contribution is 7.90. The zero-order valence-corrected chi connectivity index (χ0v) is 11.3. The maximum Gasteiger partial charge on any atom is 0.175 e. The van der Waals surface area contributed by atoms with E-state index in [4.69, 9.17) is 15.9 Å². The minimum Gasteiger partial charge on any atom is -0.490 e. The molecule has 0 fully saturated rings. The van der Waals surface area contributed by atoms with Gasteiger partial charge in [-0.1, -0.05) is 13.0 Å². The predicted octanol–water partition coefficient (Wildman–Crippen LogP) is 1.57. The van der Waals surface area contributed by atoms with Gasteiger partial charge in [0.2, 0.25) is 0 Å². The fraction of sp³-hybridized carbons (Fsp3) is 0.417. The second-order valence-corrected chi connectivity index (χ2v) is 6.14. The fourth-order valence-corrected chi connectivity index (χ4v) is 2.14. The minimum atomic E-state index is -3.24. The molecule has 0 aliphatic carbocycles. The Kier molecular flexibility index (Phi) is 4.72. The zero-order valence-electron chi connectivity index (χ0n) is 10.5. The molecule has 1 atom stereocenters. The number of nitrogens with two attached hydrogens (primary N) is 1. The van der Waals surface area contributed by atoms with Crippen molar-refractivity contribution < 1.29 is 13.2 Å². The Morgan fingerprint density at radius 1 is 1.50 bits per heavy atom. The highest BCUT2D eigenvalue weighted by Crippen LogP contribution is 2.20. The van der Waals surface area contributed by atoms with E-state index < -0.39 is 9.84 Å². The molecule has 100 valence electrons. The lowest BCUT2D eigenvalue weighted by molar-refractivity contribution is 0.204.